The van der Waals surface area contributed by atoms with Crippen molar-refractivity contribution >= 4 is 10.0 Å². The van der Waals surface area contributed by atoms with E-state index in [1.165, 1.54) is 0 Å². The van der Waals surface area contributed by atoms with Crippen LogP contribution in [0.4, 0.5) is 0 Å². The lowest BCUT2D eigenvalue weighted by molar-refractivity contribution is 0.0669. The third kappa shape index (κ3) is 4.01. The molecule has 0 spiro atoms. The fourth-order valence-corrected chi connectivity index (χ4v) is 5.56. The van der Waals surface area contributed by atoms with Crippen LogP contribution in [0.15, 0.2) is 59.6 Å². The first-order valence-corrected chi connectivity index (χ1v) is 11.1. The quantitative estimate of drug-likeness (QED) is 0.820. The zero-order chi connectivity index (χ0) is 19.6. The van der Waals surface area contributed by atoms with Crippen LogP contribution in [-0.4, -0.2) is 51.1 Å². The van der Waals surface area contributed by atoms with Gasteiger partial charge in [-0.15, -0.1) is 0 Å². The summed E-state index contributed by atoms with van der Waals surface area (Å²) in [6, 6.07) is 7.44. The summed E-state index contributed by atoms with van der Waals surface area (Å²) in [4.78, 5) is 0.343. The van der Waals surface area contributed by atoms with E-state index >= 15 is 0 Å². The average Bonchev–Trinajstić information content (AvgIpc) is 2.73. The Hall–Kier alpha value is -2.09. The highest BCUT2D eigenvalue weighted by Gasteiger charge is 2.36. The van der Waals surface area contributed by atoms with Gasteiger partial charge in [0, 0.05) is 6.04 Å². The Morgan fingerprint density at radius 3 is 2.61 bits per heavy atom. The van der Waals surface area contributed by atoms with E-state index in [0.717, 1.165) is 31.5 Å². The minimum absolute atomic E-state index is 0.0496. The van der Waals surface area contributed by atoms with Gasteiger partial charge in [0.2, 0.25) is 10.0 Å². The summed E-state index contributed by atoms with van der Waals surface area (Å²) in [5.41, 5.74) is 0.910. The van der Waals surface area contributed by atoms with Crippen molar-refractivity contribution in [2.45, 2.75) is 31.4 Å². The number of sulfonamides is 1. The first-order chi connectivity index (χ1) is 13.5. The number of rotatable bonds is 5. The number of fused-ring (bicyclic) bond motifs is 1. The molecule has 1 atom stereocenters. The maximum absolute atomic E-state index is 13.5. The second kappa shape index (κ2) is 8.11. The number of ether oxygens (including phenoxy) is 2. The molecular formula is C21H26N2O4S. The molecule has 0 bridgehead atoms. The minimum atomic E-state index is -3.62. The fraction of sp³-hybridized carbons (Fsp3) is 0.429. The lowest BCUT2D eigenvalue weighted by atomic mass is 10.1. The van der Waals surface area contributed by atoms with Crippen molar-refractivity contribution in [2.75, 3.05) is 26.2 Å². The number of para-hydroxylation sites is 2. The average molecular weight is 403 g/mol. The van der Waals surface area contributed by atoms with Crippen LogP contribution in [0.25, 0.3) is 0 Å². The van der Waals surface area contributed by atoms with Crippen LogP contribution in [0.3, 0.4) is 0 Å². The smallest absolute Gasteiger partial charge is 0.243 e. The highest BCUT2D eigenvalue weighted by Crippen LogP contribution is 2.32. The lowest BCUT2D eigenvalue weighted by Gasteiger charge is -2.37. The fourth-order valence-electron chi connectivity index (χ4n) is 3.79. The molecular weight excluding hydrogens is 376 g/mol. The molecule has 0 radical (unpaired) electrons. The SMILES string of the molecule is C=C1C=CC(S(=O)(=O)N(CC2COc3ccccc3O2)C2CCNCC2)=CC1. The van der Waals surface area contributed by atoms with Gasteiger partial charge in [0.15, 0.2) is 11.5 Å². The zero-order valence-corrected chi connectivity index (χ0v) is 16.7. The monoisotopic (exact) mass is 402 g/mol. The Kier molecular flexibility index (Phi) is 5.57. The molecule has 2 heterocycles. The van der Waals surface area contributed by atoms with E-state index < -0.39 is 10.0 Å². The van der Waals surface area contributed by atoms with Gasteiger partial charge in [0.1, 0.15) is 12.7 Å². The van der Waals surface area contributed by atoms with Gasteiger partial charge in [-0.25, -0.2) is 8.42 Å². The van der Waals surface area contributed by atoms with Crippen molar-refractivity contribution in [3.8, 4) is 11.5 Å². The van der Waals surface area contributed by atoms with Crippen LogP contribution in [0.2, 0.25) is 0 Å². The van der Waals surface area contributed by atoms with E-state index in [1.54, 1.807) is 22.5 Å². The van der Waals surface area contributed by atoms with E-state index in [0.29, 0.717) is 29.4 Å². The Morgan fingerprint density at radius 1 is 1.14 bits per heavy atom. The van der Waals surface area contributed by atoms with Gasteiger partial charge in [0.05, 0.1) is 11.4 Å². The van der Waals surface area contributed by atoms with Gasteiger partial charge in [-0.1, -0.05) is 36.4 Å². The molecule has 6 nitrogen and oxygen atoms in total. The topological polar surface area (TPSA) is 67.9 Å². The molecule has 3 aliphatic rings. The molecule has 4 rings (SSSR count). The largest absolute Gasteiger partial charge is 0.486 e. The number of hydrogen-bond donors (Lipinski definition) is 1. The van der Waals surface area contributed by atoms with Gasteiger partial charge in [-0.2, -0.15) is 4.31 Å². The summed E-state index contributed by atoms with van der Waals surface area (Å²) in [7, 11) is -3.62. The highest BCUT2D eigenvalue weighted by atomic mass is 32.2. The van der Waals surface area contributed by atoms with E-state index in [9.17, 15) is 8.42 Å². The van der Waals surface area contributed by atoms with Gasteiger partial charge < -0.3 is 14.8 Å². The number of allylic oxidation sites excluding steroid dienone is 4. The second-order valence-corrected chi connectivity index (χ2v) is 9.25. The van der Waals surface area contributed by atoms with Gasteiger partial charge >= 0.3 is 0 Å². The molecule has 2 aliphatic heterocycles. The van der Waals surface area contributed by atoms with E-state index in [2.05, 4.69) is 11.9 Å². The summed E-state index contributed by atoms with van der Waals surface area (Å²) in [5, 5.41) is 3.31. The molecule has 0 aromatic heterocycles. The zero-order valence-electron chi connectivity index (χ0n) is 15.8. The predicted octanol–water partition coefficient (Wildman–Crippen LogP) is 2.61. The van der Waals surface area contributed by atoms with E-state index in [1.807, 2.05) is 24.3 Å². The number of nitrogens with one attached hydrogen (secondary N) is 1. The molecule has 1 unspecified atom stereocenters. The van der Waals surface area contributed by atoms with Crippen LogP contribution in [0.5, 0.6) is 11.5 Å². The molecule has 1 aliphatic carbocycles. The van der Waals surface area contributed by atoms with Gasteiger partial charge in [-0.3, -0.25) is 0 Å². The molecule has 1 saturated heterocycles. The van der Waals surface area contributed by atoms with Crippen molar-refractivity contribution in [1.29, 1.82) is 0 Å². The van der Waals surface area contributed by atoms with Gasteiger partial charge in [-0.05, 0) is 50.6 Å². The molecule has 1 aromatic rings. The van der Waals surface area contributed by atoms with Crippen LogP contribution < -0.4 is 14.8 Å². The predicted molar refractivity (Wildman–Crippen MR) is 109 cm³/mol. The lowest BCUT2D eigenvalue weighted by Crippen LogP contribution is -2.51. The first kappa shape index (κ1) is 19.2. The van der Waals surface area contributed by atoms with Crippen LogP contribution in [0, 0.1) is 0 Å². The standard InChI is InChI=1S/C21H26N2O4S/c1-16-6-8-19(9-7-16)28(24,25)23(17-10-12-22-13-11-17)14-18-15-26-20-4-2-3-5-21(20)27-18/h2-6,8-9,17-18,22H,1,7,10-15H2. The maximum Gasteiger partial charge on any atom is 0.243 e. The van der Waals surface area contributed by atoms with Crippen LogP contribution in [0.1, 0.15) is 19.3 Å². The molecule has 28 heavy (non-hydrogen) atoms. The van der Waals surface area contributed by atoms with Crippen molar-refractivity contribution in [3.63, 3.8) is 0 Å². The number of piperidine rings is 1. The summed E-state index contributed by atoms with van der Waals surface area (Å²) in [6.07, 6.45) is 6.97. The van der Waals surface area contributed by atoms with Crippen LogP contribution >= 0.6 is 0 Å². The Balaban J connectivity index is 1.58. The highest BCUT2D eigenvalue weighted by molar-refractivity contribution is 7.93. The molecule has 1 aromatic carbocycles. The maximum atomic E-state index is 13.5. The number of nitrogens with zero attached hydrogens (tertiary/aromatic N) is 1. The Morgan fingerprint density at radius 2 is 1.89 bits per heavy atom. The molecule has 7 heteroatoms. The summed E-state index contributed by atoms with van der Waals surface area (Å²) >= 11 is 0. The molecule has 150 valence electrons. The molecule has 1 fully saturated rings. The molecule has 1 N–H and O–H groups in total. The first-order valence-electron chi connectivity index (χ1n) is 9.71. The van der Waals surface area contributed by atoms with Crippen molar-refractivity contribution in [2.24, 2.45) is 0 Å². The third-order valence-electron chi connectivity index (χ3n) is 5.32. The summed E-state index contributed by atoms with van der Waals surface area (Å²) in [6.45, 7) is 6.13. The number of hydrogen-bond acceptors (Lipinski definition) is 5. The normalized spacial score (nSPS) is 23.0. The molecule has 0 amide bonds. The van der Waals surface area contributed by atoms with Gasteiger partial charge in [0.25, 0.3) is 0 Å². The van der Waals surface area contributed by atoms with E-state index in [4.69, 9.17) is 9.47 Å². The van der Waals surface area contributed by atoms with E-state index in [-0.39, 0.29) is 18.7 Å². The summed E-state index contributed by atoms with van der Waals surface area (Å²) < 4.78 is 40.4. The minimum Gasteiger partial charge on any atom is -0.486 e. The number of benzene rings is 1. The Bertz CT molecular complexity index is 901. The summed E-state index contributed by atoms with van der Waals surface area (Å²) in [5.74, 6) is 1.36. The second-order valence-electron chi connectivity index (χ2n) is 7.36. The van der Waals surface area contributed by atoms with Crippen molar-refractivity contribution in [1.82, 2.24) is 9.62 Å². The van der Waals surface area contributed by atoms with Crippen LogP contribution in [-0.2, 0) is 10.0 Å². The molecule has 0 saturated carbocycles. The Labute approximate surface area is 166 Å². The van der Waals surface area contributed by atoms with Crippen molar-refractivity contribution < 1.29 is 17.9 Å². The third-order valence-corrected chi connectivity index (χ3v) is 7.29. The van der Waals surface area contributed by atoms with Crippen molar-refractivity contribution in [3.05, 3.63) is 59.6 Å².